The van der Waals surface area contributed by atoms with Crippen molar-refractivity contribution in [1.82, 2.24) is 24.8 Å². The Labute approximate surface area is 224 Å². The van der Waals surface area contributed by atoms with E-state index in [4.69, 9.17) is 9.97 Å². The summed E-state index contributed by atoms with van der Waals surface area (Å²) in [6.07, 6.45) is 4.92. The second kappa shape index (κ2) is 10.4. The number of piperidine rings is 1. The molecule has 6 nitrogen and oxygen atoms in total. The average Bonchev–Trinajstić information content (AvgIpc) is 3.41. The molecule has 0 aliphatic carbocycles. The topological polar surface area (TPSA) is 58.0 Å². The lowest BCUT2D eigenvalue weighted by Gasteiger charge is -2.38. The molecule has 38 heavy (non-hydrogen) atoms. The number of hydrogen-bond donors (Lipinski definition) is 2. The molecule has 3 heterocycles. The number of aromatic nitrogens is 3. The van der Waals surface area contributed by atoms with Crippen LogP contribution in [0.3, 0.4) is 0 Å². The molecule has 0 amide bonds. The molecule has 2 N–H and O–H groups in total. The molecule has 6 rings (SSSR count). The van der Waals surface area contributed by atoms with Crippen molar-refractivity contribution in [1.29, 1.82) is 0 Å². The number of hydrogen-bond acceptors (Lipinski definition) is 5. The maximum atomic E-state index is 4.87. The van der Waals surface area contributed by atoms with Gasteiger partial charge < -0.3 is 20.1 Å². The summed E-state index contributed by atoms with van der Waals surface area (Å²) in [5.41, 5.74) is 3.81. The van der Waals surface area contributed by atoms with Crippen molar-refractivity contribution in [2.45, 2.75) is 24.0 Å². The molecule has 1 aliphatic heterocycles. The summed E-state index contributed by atoms with van der Waals surface area (Å²) >= 11 is 0. The molecule has 1 saturated heterocycles. The standard InChI is InChI=1S/C32H34N6/c1-37(2)28-20-27(21-33-22-28)36-30-29-18-19-38(31(29)35-23-34-30)32(24-12-6-3-7-13-24,25-14-8-4-9-15-25)26-16-10-5-11-17-26/h3-19,23,27-28,33H,20-22H2,1-2H3,(H,34,35,36)/t27-,28-/m1/s1. The van der Waals surface area contributed by atoms with E-state index in [9.17, 15) is 0 Å². The van der Waals surface area contributed by atoms with Gasteiger partial charge in [0.1, 0.15) is 23.3 Å². The lowest BCUT2D eigenvalue weighted by molar-refractivity contribution is 0.233. The van der Waals surface area contributed by atoms with Gasteiger partial charge in [-0.1, -0.05) is 91.0 Å². The maximum absolute atomic E-state index is 4.87. The summed E-state index contributed by atoms with van der Waals surface area (Å²) in [5.74, 6) is 0.878. The fourth-order valence-corrected chi connectivity index (χ4v) is 5.91. The predicted octanol–water partition coefficient (Wildman–Crippen LogP) is 4.98. The molecule has 192 valence electrons. The summed E-state index contributed by atoms with van der Waals surface area (Å²) in [6, 6.07) is 35.1. The number of likely N-dealkylation sites (N-methyl/N-ethyl adjacent to an activating group) is 1. The van der Waals surface area contributed by atoms with E-state index in [0.717, 1.165) is 36.4 Å². The Morgan fingerprint density at radius 2 is 1.37 bits per heavy atom. The zero-order valence-corrected chi connectivity index (χ0v) is 22.0. The van der Waals surface area contributed by atoms with Crippen molar-refractivity contribution < 1.29 is 0 Å². The summed E-state index contributed by atoms with van der Waals surface area (Å²) in [4.78, 5) is 11.9. The lowest BCUT2D eigenvalue weighted by Crippen LogP contribution is -2.50. The van der Waals surface area contributed by atoms with Gasteiger partial charge in [-0.25, -0.2) is 9.97 Å². The Bertz CT molecular complexity index is 1380. The molecule has 2 aromatic heterocycles. The van der Waals surface area contributed by atoms with Crippen LogP contribution in [0.1, 0.15) is 23.1 Å². The van der Waals surface area contributed by atoms with Gasteiger partial charge in [-0.05, 0) is 43.3 Å². The number of nitrogens with zero attached hydrogens (tertiary/aromatic N) is 4. The molecule has 0 spiro atoms. The Kier molecular flexibility index (Phi) is 6.66. The minimum absolute atomic E-state index is 0.291. The normalized spacial score (nSPS) is 18.1. The van der Waals surface area contributed by atoms with E-state index in [1.807, 2.05) is 0 Å². The molecule has 6 heteroatoms. The smallest absolute Gasteiger partial charge is 0.146 e. The van der Waals surface area contributed by atoms with E-state index in [2.05, 4.69) is 137 Å². The van der Waals surface area contributed by atoms with E-state index in [1.54, 1.807) is 6.33 Å². The maximum Gasteiger partial charge on any atom is 0.146 e. The fraction of sp³-hybridized carbons (Fsp3) is 0.250. The van der Waals surface area contributed by atoms with Crippen LogP contribution in [0.5, 0.6) is 0 Å². The van der Waals surface area contributed by atoms with Gasteiger partial charge in [-0.15, -0.1) is 0 Å². The van der Waals surface area contributed by atoms with Gasteiger partial charge in [0.15, 0.2) is 0 Å². The summed E-state index contributed by atoms with van der Waals surface area (Å²) in [7, 11) is 4.29. The molecular formula is C32H34N6. The highest BCUT2D eigenvalue weighted by Crippen LogP contribution is 2.43. The van der Waals surface area contributed by atoms with Crippen LogP contribution in [0.25, 0.3) is 11.0 Å². The van der Waals surface area contributed by atoms with Crippen molar-refractivity contribution >= 4 is 16.9 Å². The third kappa shape index (κ3) is 4.26. The van der Waals surface area contributed by atoms with Gasteiger partial charge in [0.2, 0.25) is 0 Å². The summed E-state index contributed by atoms with van der Waals surface area (Å²) < 4.78 is 2.32. The van der Waals surface area contributed by atoms with Crippen molar-refractivity contribution in [3.05, 3.63) is 126 Å². The molecule has 0 radical (unpaired) electrons. The predicted molar refractivity (Wildman–Crippen MR) is 155 cm³/mol. The van der Waals surface area contributed by atoms with Crippen LogP contribution in [0, 0.1) is 0 Å². The monoisotopic (exact) mass is 502 g/mol. The van der Waals surface area contributed by atoms with E-state index in [-0.39, 0.29) is 0 Å². The second-order valence-electron chi connectivity index (χ2n) is 10.3. The molecule has 0 bridgehead atoms. The average molecular weight is 503 g/mol. The van der Waals surface area contributed by atoms with Gasteiger partial charge in [-0.3, -0.25) is 0 Å². The molecule has 0 saturated carbocycles. The van der Waals surface area contributed by atoms with Crippen LogP contribution in [0.2, 0.25) is 0 Å². The van der Waals surface area contributed by atoms with E-state index >= 15 is 0 Å². The summed E-state index contributed by atoms with van der Waals surface area (Å²) in [5, 5.41) is 8.33. The molecule has 5 aromatic rings. The molecule has 1 aliphatic rings. The molecular weight excluding hydrogens is 468 g/mol. The van der Waals surface area contributed by atoms with Crippen molar-refractivity contribution in [2.24, 2.45) is 0 Å². The van der Waals surface area contributed by atoms with Gasteiger partial charge in [0.05, 0.1) is 5.39 Å². The Balaban J connectivity index is 1.53. The van der Waals surface area contributed by atoms with Crippen molar-refractivity contribution in [2.75, 3.05) is 32.5 Å². The number of nitrogens with one attached hydrogen (secondary N) is 2. The van der Waals surface area contributed by atoms with E-state index in [1.165, 1.54) is 16.7 Å². The largest absolute Gasteiger partial charge is 0.365 e. The van der Waals surface area contributed by atoms with Crippen LogP contribution in [0.4, 0.5) is 5.82 Å². The molecule has 2 atom stereocenters. The van der Waals surface area contributed by atoms with Crippen LogP contribution in [0.15, 0.2) is 110 Å². The van der Waals surface area contributed by atoms with Gasteiger partial charge in [0, 0.05) is 31.4 Å². The SMILES string of the molecule is CN(C)[C@H]1CNC[C@H](Nc2ncnc3c2ccn3C(c2ccccc2)(c2ccccc2)c2ccccc2)C1. The Hall–Kier alpha value is -4.00. The van der Waals surface area contributed by atoms with Crippen molar-refractivity contribution in [3.63, 3.8) is 0 Å². The lowest BCUT2D eigenvalue weighted by atomic mass is 9.76. The Morgan fingerprint density at radius 3 is 1.92 bits per heavy atom. The van der Waals surface area contributed by atoms with Gasteiger partial charge >= 0.3 is 0 Å². The number of fused-ring (bicyclic) bond motifs is 1. The minimum Gasteiger partial charge on any atom is -0.365 e. The highest BCUT2D eigenvalue weighted by molar-refractivity contribution is 5.88. The zero-order chi connectivity index (χ0) is 26.0. The fourth-order valence-electron chi connectivity index (χ4n) is 5.91. The van der Waals surface area contributed by atoms with Crippen LogP contribution in [-0.4, -0.2) is 58.7 Å². The summed E-state index contributed by atoms with van der Waals surface area (Å²) in [6.45, 7) is 1.92. The highest BCUT2D eigenvalue weighted by atomic mass is 15.2. The minimum atomic E-state index is -0.612. The number of rotatable bonds is 7. The third-order valence-electron chi connectivity index (χ3n) is 7.82. The number of anilines is 1. The Morgan fingerprint density at radius 1 is 0.789 bits per heavy atom. The third-order valence-corrected chi connectivity index (χ3v) is 7.82. The second-order valence-corrected chi connectivity index (χ2v) is 10.3. The molecule has 1 fully saturated rings. The van der Waals surface area contributed by atoms with Crippen LogP contribution in [-0.2, 0) is 5.54 Å². The quantitative estimate of drug-likeness (QED) is 0.308. The first-order chi connectivity index (χ1) is 18.7. The first-order valence-corrected chi connectivity index (χ1v) is 13.3. The van der Waals surface area contributed by atoms with Gasteiger partial charge in [-0.2, -0.15) is 0 Å². The van der Waals surface area contributed by atoms with Crippen molar-refractivity contribution in [3.8, 4) is 0 Å². The first kappa shape index (κ1) is 24.3. The molecule has 3 aromatic carbocycles. The number of benzene rings is 3. The first-order valence-electron chi connectivity index (χ1n) is 13.3. The van der Waals surface area contributed by atoms with E-state index < -0.39 is 5.54 Å². The van der Waals surface area contributed by atoms with E-state index in [0.29, 0.717) is 12.1 Å². The molecule has 0 unspecified atom stereocenters. The van der Waals surface area contributed by atoms with Crippen LogP contribution < -0.4 is 10.6 Å². The zero-order valence-electron chi connectivity index (χ0n) is 22.0. The van der Waals surface area contributed by atoms with Crippen LogP contribution >= 0.6 is 0 Å². The highest BCUT2D eigenvalue weighted by Gasteiger charge is 2.39. The van der Waals surface area contributed by atoms with Gasteiger partial charge in [0.25, 0.3) is 0 Å².